The molecule has 0 saturated carbocycles. The molecule has 0 unspecified atom stereocenters. The van der Waals surface area contributed by atoms with Crippen LogP contribution in [0.3, 0.4) is 0 Å². The van der Waals surface area contributed by atoms with Gasteiger partial charge in [-0.3, -0.25) is 0 Å². The molecule has 0 aliphatic carbocycles. The molecule has 1 aromatic rings. The highest BCUT2D eigenvalue weighted by molar-refractivity contribution is 9.10. The van der Waals surface area contributed by atoms with Gasteiger partial charge in [0.1, 0.15) is 0 Å². The molecule has 0 radical (unpaired) electrons. The van der Waals surface area contributed by atoms with Gasteiger partial charge >= 0.3 is 0 Å². The van der Waals surface area contributed by atoms with Gasteiger partial charge in [-0.1, -0.05) is 35.0 Å². The van der Waals surface area contributed by atoms with Crippen LogP contribution in [0.4, 0.5) is 0 Å². The molecule has 1 rings (SSSR count). The zero-order valence-corrected chi connectivity index (χ0v) is 8.87. The van der Waals surface area contributed by atoms with Gasteiger partial charge in [-0.05, 0) is 30.4 Å². The average Bonchev–Trinajstić information content (AvgIpc) is 2.09. The summed E-state index contributed by atoms with van der Waals surface area (Å²) in [5.74, 6) is -0.301. The first-order valence-corrected chi connectivity index (χ1v) is 4.78. The summed E-state index contributed by atoms with van der Waals surface area (Å²) in [6, 6.07) is 7.46. The van der Waals surface area contributed by atoms with Crippen molar-refractivity contribution >= 4 is 22.0 Å². The van der Waals surface area contributed by atoms with Crippen molar-refractivity contribution in [2.75, 3.05) is 6.61 Å². The molecule has 0 aliphatic rings. The molecular weight excluding hydrogens is 232 g/mol. The van der Waals surface area contributed by atoms with Crippen molar-refractivity contribution < 1.29 is 9.84 Å². The molecule has 0 spiro atoms. The molecule has 70 valence electrons. The number of hydrogen-bond donors (Lipinski definition) is 0. The van der Waals surface area contributed by atoms with E-state index in [0.717, 1.165) is 10.0 Å². The average molecular weight is 242 g/mol. The Hall–Kier alpha value is -0.960. The van der Waals surface area contributed by atoms with Crippen molar-refractivity contribution in [3.05, 3.63) is 40.2 Å². The van der Waals surface area contributed by atoms with Crippen LogP contribution in [0.1, 0.15) is 12.5 Å². The van der Waals surface area contributed by atoms with Crippen LogP contribution >= 0.6 is 15.9 Å². The fraction of sp³-hybridized carbons (Fsp3) is 0.200. The first-order chi connectivity index (χ1) is 6.22. The highest BCUT2D eigenvalue weighted by Gasteiger charge is 1.88. The van der Waals surface area contributed by atoms with Gasteiger partial charge in [-0.2, -0.15) is 0 Å². The summed E-state index contributed by atoms with van der Waals surface area (Å²) < 4.78 is 5.76. The minimum absolute atomic E-state index is 0.301. The molecule has 0 bridgehead atoms. The first kappa shape index (κ1) is 10.1. The molecule has 0 aliphatic heterocycles. The van der Waals surface area contributed by atoms with E-state index in [1.54, 1.807) is 6.92 Å². The van der Waals surface area contributed by atoms with Crippen molar-refractivity contribution in [1.82, 2.24) is 0 Å². The number of ether oxygens (including phenoxy) is 1. The van der Waals surface area contributed by atoms with Crippen molar-refractivity contribution in [2.24, 2.45) is 0 Å². The predicted molar refractivity (Wildman–Crippen MR) is 53.7 cm³/mol. The van der Waals surface area contributed by atoms with E-state index < -0.39 is 0 Å². The quantitative estimate of drug-likeness (QED) is 0.760. The second-order valence-corrected chi connectivity index (χ2v) is 3.36. The van der Waals surface area contributed by atoms with Gasteiger partial charge < -0.3 is 9.84 Å². The number of halogens is 1. The summed E-state index contributed by atoms with van der Waals surface area (Å²) in [7, 11) is 0. The van der Waals surface area contributed by atoms with E-state index in [-0.39, 0.29) is 5.95 Å². The third kappa shape index (κ3) is 3.51. The van der Waals surface area contributed by atoms with E-state index in [2.05, 4.69) is 15.9 Å². The lowest BCUT2D eigenvalue weighted by Gasteiger charge is -2.11. The van der Waals surface area contributed by atoms with E-state index in [1.165, 1.54) is 6.08 Å². The zero-order chi connectivity index (χ0) is 9.68. The summed E-state index contributed by atoms with van der Waals surface area (Å²) in [4.78, 5) is 0. The molecule has 0 atom stereocenters. The molecule has 0 saturated heterocycles. The van der Waals surface area contributed by atoms with Gasteiger partial charge in [0.25, 0.3) is 0 Å². The summed E-state index contributed by atoms with van der Waals surface area (Å²) in [6.07, 6.45) is 1.47. The van der Waals surface area contributed by atoms with E-state index in [4.69, 9.17) is 4.74 Å². The van der Waals surface area contributed by atoms with Crippen molar-refractivity contribution in [3.63, 3.8) is 0 Å². The maximum atomic E-state index is 11.0. The van der Waals surface area contributed by atoms with Crippen LogP contribution in [0.5, 0.6) is 0 Å². The van der Waals surface area contributed by atoms with Crippen LogP contribution < -0.4 is 5.11 Å². The summed E-state index contributed by atoms with van der Waals surface area (Å²) >= 11 is 3.31. The lowest BCUT2D eigenvalue weighted by atomic mass is 10.2. The predicted octanol–water partition coefficient (Wildman–Crippen LogP) is 2.14. The molecule has 0 amide bonds. The maximum Gasteiger partial charge on any atom is 0.0518 e. The first-order valence-electron chi connectivity index (χ1n) is 3.99. The van der Waals surface area contributed by atoms with Gasteiger partial charge in [0.05, 0.1) is 5.95 Å². The SMILES string of the molecule is CCO/C([O-])=C/c1ccc(Br)cc1. The Morgan fingerprint density at radius 2 is 2.08 bits per heavy atom. The third-order valence-electron chi connectivity index (χ3n) is 1.44. The fourth-order valence-corrected chi connectivity index (χ4v) is 1.14. The minimum atomic E-state index is -0.301. The fourth-order valence-electron chi connectivity index (χ4n) is 0.879. The van der Waals surface area contributed by atoms with E-state index in [0.29, 0.717) is 6.61 Å². The zero-order valence-electron chi connectivity index (χ0n) is 7.29. The molecule has 0 N–H and O–H groups in total. The molecule has 0 fully saturated rings. The highest BCUT2D eigenvalue weighted by atomic mass is 79.9. The third-order valence-corrected chi connectivity index (χ3v) is 1.97. The summed E-state index contributed by atoms with van der Waals surface area (Å²) in [6.45, 7) is 2.19. The van der Waals surface area contributed by atoms with Crippen LogP contribution in [0, 0.1) is 0 Å². The van der Waals surface area contributed by atoms with Crippen molar-refractivity contribution in [2.45, 2.75) is 6.92 Å². The van der Waals surface area contributed by atoms with Gasteiger partial charge in [-0.15, -0.1) is 0 Å². The van der Waals surface area contributed by atoms with Gasteiger partial charge in [-0.25, -0.2) is 0 Å². The van der Waals surface area contributed by atoms with Crippen LogP contribution in [0.25, 0.3) is 6.08 Å². The Kier molecular flexibility index (Phi) is 3.83. The lowest BCUT2D eigenvalue weighted by Crippen LogP contribution is -2.06. The van der Waals surface area contributed by atoms with Crippen molar-refractivity contribution in [1.29, 1.82) is 0 Å². The molecule has 0 aromatic heterocycles. The van der Waals surface area contributed by atoms with Crippen LogP contribution in [-0.4, -0.2) is 6.61 Å². The van der Waals surface area contributed by atoms with E-state index >= 15 is 0 Å². The lowest BCUT2D eigenvalue weighted by molar-refractivity contribution is -0.354. The standard InChI is InChI=1S/C10H11BrO2/c1-2-13-10(12)7-8-3-5-9(11)6-4-8/h3-7,12H,2H2,1H3/p-1/b10-7+. The van der Waals surface area contributed by atoms with E-state index in [9.17, 15) is 5.11 Å². The number of rotatable bonds is 3. The Bertz CT molecular complexity index is 290. The summed E-state index contributed by atoms with van der Waals surface area (Å²) in [5, 5.41) is 11.0. The Labute approximate surface area is 86.0 Å². The smallest absolute Gasteiger partial charge is 0.0518 e. The molecular formula is C10H10BrO2-. The van der Waals surface area contributed by atoms with Crippen molar-refractivity contribution in [3.8, 4) is 0 Å². The molecule has 2 nitrogen and oxygen atoms in total. The Balaban J connectivity index is 2.73. The van der Waals surface area contributed by atoms with E-state index in [1.807, 2.05) is 24.3 Å². The molecule has 1 aromatic carbocycles. The maximum absolute atomic E-state index is 11.0. The molecule has 13 heavy (non-hydrogen) atoms. The Morgan fingerprint density at radius 3 is 2.62 bits per heavy atom. The van der Waals surface area contributed by atoms with Crippen LogP contribution in [-0.2, 0) is 4.74 Å². The summed E-state index contributed by atoms with van der Waals surface area (Å²) in [5.41, 5.74) is 0.849. The van der Waals surface area contributed by atoms with Gasteiger partial charge in [0.2, 0.25) is 0 Å². The van der Waals surface area contributed by atoms with Crippen LogP contribution in [0.2, 0.25) is 0 Å². The Morgan fingerprint density at radius 1 is 1.46 bits per heavy atom. The second-order valence-electron chi connectivity index (χ2n) is 2.45. The highest BCUT2D eigenvalue weighted by Crippen LogP contribution is 2.12. The minimum Gasteiger partial charge on any atom is -0.614 e. The normalized spacial score (nSPS) is 11.4. The van der Waals surface area contributed by atoms with Gasteiger partial charge in [0, 0.05) is 4.47 Å². The largest absolute Gasteiger partial charge is 0.614 e. The van der Waals surface area contributed by atoms with Gasteiger partial charge in [0.15, 0.2) is 0 Å². The number of hydrogen-bond acceptors (Lipinski definition) is 2. The molecule has 3 heteroatoms. The molecule has 0 heterocycles. The van der Waals surface area contributed by atoms with Crippen LogP contribution in [0.15, 0.2) is 34.7 Å². The second kappa shape index (κ2) is 4.92. The monoisotopic (exact) mass is 241 g/mol. The number of benzene rings is 1. The topological polar surface area (TPSA) is 32.3 Å².